The zero-order chi connectivity index (χ0) is 13.4. The average molecular weight is 272 g/mol. The molecular weight excluding hydrogens is 252 g/mol. The highest BCUT2D eigenvalue weighted by Gasteiger charge is 2.12. The van der Waals surface area contributed by atoms with Crippen LogP contribution in [0.4, 0.5) is 0 Å². The molecule has 0 radical (unpaired) electrons. The van der Waals surface area contributed by atoms with Gasteiger partial charge in [0.15, 0.2) is 0 Å². The quantitative estimate of drug-likeness (QED) is 0.707. The second-order valence-electron chi connectivity index (χ2n) is 4.04. The minimum absolute atomic E-state index is 0.190. The number of aromatic nitrogens is 1. The van der Waals surface area contributed by atoms with Gasteiger partial charge < -0.3 is 15.0 Å². The summed E-state index contributed by atoms with van der Waals surface area (Å²) < 4.78 is 5.38. The molecule has 0 aliphatic rings. The van der Waals surface area contributed by atoms with E-state index in [4.69, 9.17) is 4.74 Å². The van der Waals surface area contributed by atoms with E-state index in [0.29, 0.717) is 23.7 Å². The number of rotatable bonds is 8. The van der Waals surface area contributed by atoms with Crippen molar-refractivity contribution in [2.45, 2.75) is 33.1 Å². The van der Waals surface area contributed by atoms with Gasteiger partial charge in [0.2, 0.25) is 0 Å². The molecule has 2 N–H and O–H groups in total. The van der Waals surface area contributed by atoms with Crippen molar-refractivity contribution >= 4 is 17.2 Å². The summed E-state index contributed by atoms with van der Waals surface area (Å²) >= 11 is 0.943. The van der Waals surface area contributed by atoms with E-state index in [1.54, 1.807) is 6.92 Å². The molecule has 0 saturated carbocycles. The molecule has 0 aliphatic carbocycles. The summed E-state index contributed by atoms with van der Waals surface area (Å²) in [5.74, 6) is -0.190. The number of ether oxygens (including phenoxy) is 1. The monoisotopic (exact) mass is 272 g/mol. The standard InChI is InChI=1S/C12H20N2O3S/c1-3-4-7-17-8-5-6-13-11(15)10-9(2)14-12(16)18-10/h3-8H2,1-2H3,(H,13,15)(H,14,16). The van der Waals surface area contributed by atoms with Crippen LogP contribution in [-0.4, -0.2) is 30.6 Å². The summed E-state index contributed by atoms with van der Waals surface area (Å²) in [5, 5.41) is 2.78. The normalized spacial score (nSPS) is 10.6. The van der Waals surface area contributed by atoms with Gasteiger partial charge in [-0.3, -0.25) is 9.59 Å². The molecule has 1 aromatic rings. The van der Waals surface area contributed by atoms with Gasteiger partial charge in [-0.05, 0) is 19.8 Å². The SMILES string of the molecule is CCCCOCCCNC(=O)c1sc(=O)[nH]c1C. The Labute approximate surface area is 111 Å². The number of unbranched alkanes of at least 4 members (excludes halogenated alkanes) is 1. The van der Waals surface area contributed by atoms with Crippen LogP contribution in [-0.2, 0) is 4.74 Å². The smallest absolute Gasteiger partial charge is 0.305 e. The number of hydrogen-bond donors (Lipinski definition) is 2. The number of nitrogens with one attached hydrogen (secondary N) is 2. The molecular formula is C12H20N2O3S. The van der Waals surface area contributed by atoms with Crippen molar-refractivity contribution in [2.75, 3.05) is 19.8 Å². The summed E-state index contributed by atoms with van der Waals surface area (Å²) in [5.41, 5.74) is 0.627. The van der Waals surface area contributed by atoms with Gasteiger partial charge in [-0.25, -0.2) is 0 Å². The van der Waals surface area contributed by atoms with Crippen molar-refractivity contribution in [3.05, 3.63) is 20.2 Å². The minimum Gasteiger partial charge on any atom is -0.381 e. The van der Waals surface area contributed by atoms with Crippen LogP contribution >= 0.6 is 11.3 Å². The third-order valence-electron chi connectivity index (χ3n) is 2.42. The van der Waals surface area contributed by atoms with Gasteiger partial charge >= 0.3 is 4.87 Å². The molecule has 1 aromatic heterocycles. The van der Waals surface area contributed by atoms with Gasteiger partial charge in [0.1, 0.15) is 4.88 Å². The minimum atomic E-state index is -0.194. The Hall–Kier alpha value is -1.14. The van der Waals surface area contributed by atoms with Gasteiger partial charge in [-0.1, -0.05) is 24.7 Å². The third-order valence-corrected chi connectivity index (χ3v) is 3.41. The van der Waals surface area contributed by atoms with Crippen LogP contribution in [0.15, 0.2) is 4.79 Å². The Balaban J connectivity index is 2.18. The molecule has 0 fully saturated rings. The third kappa shape index (κ3) is 5.01. The van der Waals surface area contributed by atoms with E-state index in [-0.39, 0.29) is 10.8 Å². The predicted octanol–water partition coefficient (Wildman–Crippen LogP) is 1.68. The van der Waals surface area contributed by atoms with Gasteiger partial charge in [0.05, 0.1) is 0 Å². The first-order valence-corrected chi connectivity index (χ1v) is 7.02. The fraction of sp³-hybridized carbons (Fsp3) is 0.667. The van der Waals surface area contributed by atoms with E-state index in [9.17, 15) is 9.59 Å². The maximum Gasteiger partial charge on any atom is 0.305 e. The molecule has 6 heteroatoms. The molecule has 0 atom stereocenters. The van der Waals surface area contributed by atoms with E-state index >= 15 is 0 Å². The molecule has 1 heterocycles. The van der Waals surface area contributed by atoms with Crippen molar-refractivity contribution in [3.8, 4) is 0 Å². The molecule has 0 aromatic carbocycles. The van der Waals surface area contributed by atoms with Crippen molar-refractivity contribution in [1.29, 1.82) is 0 Å². The lowest BCUT2D eigenvalue weighted by atomic mass is 10.3. The Morgan fingerprint density at radius 1 is 1.39 bits per heavy atom. The Kier molecular flexibility index (Phi) is 6.67. The van der Waals surface area contributed by atoms with Crippen molar-refractivity contribution in [1.82, 2.24) is 10.3 Å². The summed E-state index contributed by atoms with van der Waals surface area (Å²) in [6.07, 6.45) is 2.99. The van der Waals surface area contributed by atoms with Crippen LogP contribution in [0.5, 0.6) is 0 Å². The maximum atomic E-state index is 11.7. The molecule has 0 saturated heterocycles. The van der Waals surface area contributed by atoms with E-state index in [1.807, 2.05) is 0 Å². The molecule has 5 nitrogen and oxygen atoms in total. The zero-order valence-electron chi connectivity index (χ0n) is 10.9. The highest BCUT2D eigenvalue weighted by molar-refractivity contribution is 7.11. The number of H-pyrrole nitrogens is 1. The topological polar surface area (TPSA) is 71.2 Å². The highest BCUT2D eigenvalue weighted by atomic mass is 32.1. The Morgan fingerprint density at radius 2 is 2.11 bits per heavy atom. The number of aryl methyl sites for hydroxylation is 1. The molecule has 102 valence electrons. The first-order chi connectivity index (χ1) is 8.65. The highest BCUT2D eigenvalue weighted by Crippen LogP contribution is 2.07. The van der Waals surface area contributed by atoms with Crippen LogP contribution in [0.25, 0.3) is 0 Å². The zero-order valence-corrected chi connectivity index (χ0v) is 11.7. The molecule has 0 aliphatic heterocycles. The molecule has 18 heavy (non-hydrogen) atoms. The fourth-order valence-corrected chi connectivity index (χ4v) is 2.18. The van der Waals surface area contributed by atoms with Crippen molar-refractivity contribution in [3.63, 3.8) is 0 Å². The van der Waals surface area contributed by atoms with Crippen LogP contribution in [0.3, 0.4) is 0 Å². The first kappa shape index (κ1) is 14.9. The lowest BCUT2D eigenvalue weighted by Gasteiger charge is -2.05. The van der Waals surface area contributed by atoms with Crippen LogP contribution < -0.4 is 10.2 Å². The Morgan fingerprint density at radius 3 is 2.72 bits per heavy atom. The largest absolute Gasteiger partial charge is 0.381 e. The van der Waals surface area contributed by atoms with E-state index in [2.05, 4.69) is 17.2 Å². The lowest BCUT2D eigenvalue weighted by molar-refractivity contribution is 0.0943. The number of carbonyl (C=O) groups is 1. The molecule has 1 amide bonds. The molecule has 0 spiro atoms. The molecule has 0 bridgehead atoms. The second-order valence-corrected chi connectivity index (χ2v) is 5.03. The van der Waals surface area contributed by atoms with E-state index in [0.717, 1.165) is 37.2 Å². The molecule has 1 rings (SSSR count). The van der Waals surface area contributed by atoms with Gasteiger partial charge in [0.25, 0.3) is 5.91 Å². The summed E-state index contributed by atoms with van der Waals surface area (Å²) in [6, 6.07) is 0. The van der Waals surface area contributed by atoms with Gasteiger partial charge in [0, 0.05) is 25.5 Å². The van der Waals surface area contributed by atoms with E-state index < -0.39 is 0 Å². The summed E-state index contributed by atoms with van der Waals surface area (Å²) in [7, 11) is 0. The summed E-state index contributed by atoms with van der Waals surface area (Å²) in [6.45, 7) is 5.84. The predicted molar refractivity (Wildman–Crippen MR) is 72.4 cm³/mol. The Bertz CT molecular complexity index is 425. The maximum absolute atomic E-state index is 11.7. The number of aromatic amines is 1. The van der Waals surface area contributed by atoms with Crippen LogP contribution in [0, 0.1) is 6.92 Å². The number of amides is 1. The van der Waals surface area contributed by atoms with Gasteiger partial charge in [-0.15, -0.1) is 0 Å². The fourth-order valence-electron chi connectivity index (χ4n) is 1.43. The number of carbonyl (C=O) groups excluding carboxylic acids is 1. The lowest BCUT2D eigenvalue weighted by Crippen LogP contribution is -2.25. The number of hydrogen-bond acceptors (Lipinski definition) is 4. The van der Waals surface area contributed by atoms with Crippen LogP contribution in [0.1, 0.15) is 41.6 Å². The number of thiazole rings is 1. The summed E-state index contributed by atoms with van der Waals surface area (Å²) in [4.78, 5) is 25.6. The van der Waals surface area contributed by atoms with Crippen molar-refractivity contribution in [2.24, 2.45) is 0 Å². The van der Waals surface area contributed by atoms with Crippen molar-refractivity contribution < 1.29 is 9.53 Å². The van der Waals surface area contributed by atoms with Crippen LogP contribution in [0.2, 0.25) is 0 Å². The molecule has 0 unspecified atom stereocenters. The first-order valence-electron chi connectivity index (χ1n) is 6.20. The van der Waals surface area contributed by atoms with Gasteiger partial charge in [-0.2, -0.15) is 0 Å². The second kappa shape index (κ2) is 8.05. The van der Waals surface area contributed by atoms with E-state index in [1.165, 1.54) is 0 Å². The average Bonchev–Trinajstić information content (AvgIpc) is 2.67.